The maximum absolute atomic E-state index is 11.5. The second-order valence-corrected chi connectivity index (χ2v) is 4.03. The summed E-state index contributed by atoms with van der Waals surface area (Å²) < 4.78 is 10.6. The lowest BCUT2D eigenvalue weighted by Gasteiger charge is -2.11. The highest BCUT2D eigenvalue weighted by Crippen LogP contribution is 2.28. The predicted molar refractivity (Wildman–Crippen MR) is 74.0 cm³/mol. The van der Waals surface area contributed by atoms with Gasteiger partial charge in [-0.2, -0.15) is 5.26 Å². The minimum atomic E-state index is -0.223. The van der Waals surface area contributed by atoms with Gasteiger partial charge in [-0.1, -0.05) is 12.0 Å². The van der Waals surface area contributed by atoms with E-state index in [-0.39, 0.29) is 18.9 Å². The van der Waals surface area contributed by atoms with Gasteiger partial charge in [-0.05, 0) is 24.1 Å². The van der Waals surface area contributed by atoms with Crippen LogP contribution in [-0.4, -0.2) is 31.6 Å². The molecule has 0 heterocycles. The first-order valence-electron chi connectivity index (χ1n) is 6.01. The highest BCUT2D eigenvalue weighted by Gasteiger charge is 2.10. The molecule has 20 heavy (non-hydrogen) atoms. The molecule has 0 aliphatic rings. The molecule has 104 valence electrons. The number of carbonyl (C=O) groups is 1. The number of carbonyl (C=O) groups excluding carboxylic acids is 1. The van der Waals surface area contributed by atoms with Gasteiger partial charge in [-0.25, -0.2) is 0 Å². The summed E-state index contributed by atoms with van der Waals surface area (Å²) in [5.41, 5.74) is 0.926. The van der Waals surface area contributed by atoms with Crippen LogP contribution in [0.25, 0.3) is 0 Å². The number of amides is 1. The second kappa shape index (κ2) is 7.70. The molecule has 0 N–H and O–H groups in total. The van der Waals surface area contributed by atoms with Crippen LogP contribution in [0.4, 0.5) is 0 Å². The van der Waals surface area contributed by atoms with E-state index in [1.807, 2.05) is 6.07 Å². The fourth-order valence-electron chi connectivity index (χ4n) is 1.58. The Morgan fingerprint density at radius 2 is 2.20 bits per heavy atom. The van der Waals surface area contributed by atoms with E-state index in [0.29, 0.717) is 17.9 Å². The molecule has 1 amide bonds. The van der Waals surface area contributed by atoms with Gasteiger partial charge in [-0.3, -0.25) is 9.69 Å². The fraction of sp³-hybridized carbons (Fsp3) is 0.333. The van der Waals surface area contributed by atoms with Crippen LogP contribution in [0.1, 0.15) is 12.0 Å². The SMILES string of the molecule is C#CCOc1ccc(CCC(=O)N(C)C#N)cc1OC. The standard InChI is InChI=1S/C15H16N2O3/c1-4-9-20-13-7-5-12(10-14(13)19-3)6-8-15(18)17(2)11-16/h1,5,7,10H,6,8-9H2,2-3H3. The van der Waals surface area contributed by atoms with Crippen molar-refractivity contribution in [3.8, 4) is 30.0 Å². The molecule has 0 aromatic heterocycles. The zero-order chi connectivity index (χ0) is 15.0. The van der Waals surface area contributed by atoms with Crippen molar-refractivity contribution in [2.45, 2.75) is 12.8 Å². The summed E-state index contributed by atoms with van der Waals surface area (Å²) in [6.07, 6.45) is 7.70. The molecule has 0 bridgehead atoms. The van der Waals surface area contributed by atoms with E-state index in [1.165, 1.54) is 14.2 Å². The normalized spacial score (nSPS) is 9.20. The van der Waals surface area contributed by atoms with E-state index < -0.39 is 0 Å². The maximum Gasteiger partial charge on any atom is 0.235 e. The van der Waals surface area contributed by atoms with E-state index in [2.05, 4.69) is 5.92 Å². The van der Waals surface area contributed by atoms with Crippen LogP contribution in [0.15, 0.2) is 18.2 Å². The lowest BCUT2D eigenvalue weighted by molar-refractivity contribution is -0.127. The third-order valence-electron chi connectivity index (χ3n) is 2.69. The Balaban J connectivity index is 2.71. The molecule has 1 aromatic rings. The van der Waals surface area contributed by atoms with Gasteiger partial charge in [0.25, 0.3) is 0 Å². The lowest BCUT2D eigenvalue weighted by atomic mass is 10.1. The van der Waals surface area contributed by atoms with E-state index in [1.54, 1.807) is 18.3 Å². The van der Waals surface area contributed by atoms with Crippen molar-refractivity contribution in [2.75, 3.05) is 20.8 Å². The zero-order valence-electron chi connectivity index (χ0n) is 11.5. The van der Waals surface area contributed by atoms with Gasteiger partial charge in [0.1, 0.15) is 6.61 Å². The number of hydrogen-bond donors (Lipinski definition) is 0. The molecule has 5 nitrogen and oxygen atoms in total. The quantitative estimate of drug-likeness (QED) is 0.448. The molecule has 5 heteroatoms. The average molecular weight is 272 g/mol. The number of rotatable bonds is 6. The minimum absolute atomic E-state index is 0.168. The molecule has 0 aliphatic carbocycles. The first kappa shape index (κ1) is 15.4. The summed E-state index contributed by atoms with van der Waals surface area (Å²) in [7, 11) is 2.98. The lowest BCUT2D eigenvalue weighted by Crippen LogP contribution is -2.21. The van der Waals surface area contributed by atoms with Crippen LogP contribution in [0, 0.1) is 23.8 Å². The van der Waals surface area contributed by atoms with Crippen molar-refractivity contribution >= 4 is 5.91 Å². The molecule has 0 spiro atoms. The fourth-order valence-corrected chi connectivity index (χ4v) is 1.58. The van der Waals surface area contributed by atoms with Crippen LogP contribution in [0.3, 0.4) is 0 Å². The molecule has 0 saturated carbocycles. The Hall–Kier alpha value is -2.66. The van der Waals surface area contributed by atoms with Crippen LogP contribution in [0.5, 0.6) is 11.5 Å². The monoisotopic (exact) mass is 272 g/mol. The number of terminal acetylenes is 1. The number of nitrogens with zero attached hydrogens (tertiary/aromatic N) is 2. The van der Waals surface area contributed by atoms with Crippen LogP contribution >= 0.6 is 0 Å². The molecule has 0 unspecified atom stereocenters. The van der Waals surface area contributed by atoms with E-state index in [9.17, 15) is 4.79 Å². The first-order chi connectivity index (χ1) is 9.62. The Bertz CT molecular complexity index is 555. The van der Waals surface area contributed by atoms with Crippen molar-refractivity contribution < 1.29 is 14.3 Å². The van der Waals surface area contributed by atoms with Gasteiger partial charge >= 0.3 is 0 Å². The third kappa shape index (κ3) is 4.22. The number of ether oxygens (including phenoxy) is 2. The maximum atomic E-state index is 11.5. The number of nitriles is 1. The van der Waals surface area contributed by atoms with Gasteiger partial charge in [0.15, 0.2) is 17.7 Å². The zero-order valence-corrected chi connectivity index (χ0v) is 11.5. The largest absolute Gasteiger partial charge is 0.493 e. The highest BCUT2D eigenvalue weighted by atomic mass is 16.5. The molecular formula is C15H16N2O3. The van der Waals surface area contributed by atoms with Gasteiger partial charge < -0.3 is 9.47 Å². The summed E-state index contributed by atoms with van der Waals surface area (Å²) in [6, 6.07) is 5.39. The Morgan fingerprint density at radius 1 is 1.45 bits per heavy atom. The predicted octanol–water partition coefficient (Wildman–Crippen LogP) is 1.58. The molecule has 0 saturated heterocycles. The molecule has 0 atom stereocenters. The summed E-state index contributed by atoms with van der Waals surface area (Å²) in [6.45, 7) is 0.168. The smallest absolute Gasteiger partial charge is 0.235 e. The second-order valence-electron chi connectivity index (χ2n) is 4.03. The van der Waals surface area contributed by atoms with Crippen molar-refractivity contribution in [3.05, 3.63) is 23.8 Å². The Kier molecular flexibility index (Phi) is 5.93. The van der Waals surface area contributed by atoms with Crippen LogP contribution in [0.2, 0.25) is 0 Å². The van der Waals surface area contributed by atoms with Crippen LogP contribution in [-0.2, 0) is 11.2 Å². The number of methoxy groups -OCH3 is 1. The minimum Gasteiger partial charge on any atom is -0.493 e. The Labute approximate surface area is 118 Å². The first-order valence-corrected chi connectivity index (χ1v) is 6.01. The van der Waals surface area contributed by atoms with E-state index in [0.717, 1.165) is 10.5 Å². The van der Waals surface area contributed by atoms with E-state index in [4.69, 9.17) is 21.2 Å². The molecule has 0 radical (unpaired) electrons. The number of hydrogen-bond acceptors (Lipinski definition) is 4. The number of benzene rings is 1. The molecule has 1 aromatic carbocycles. The summed E-state index contributed by atoms with van der Waals surface area (Å²) in [4.78, 5) is 12.6. The summed E-state index contributed by atoms with van der Waals surface area (Å²) in [5.74, 6) is 3.29. The van der Waals surface area contributed by atoms with Gasteiger partial charge in [-0.15, -0.1) is 6.42 Å². The third-order valence-corrected chi connectivity index (χ3v) is 2.69. The topological polar surface area (TPSA) is 62.6 Å². The molecular weight excluding hydrogens is 256 g/mol. The highest BCUT2D eigenvalue weighted by molar-refractivity contribution is 5.77. The molecule has 1 rings (SSSR count). The average Bonchev–Trinajstić information content (AvgIpc) is 2.49. The summed E-state index contributed by atoms with van der Waals surface area (Å²) in [5, 5.41) is 8.61. The van der Waals surface area contributed by atoms with Gasteiger partial charge in [0.05, 0.1) is 7.11 Å². The van der Waals surface area contributed by atoms with Gasteiger partial charge in [0.2, 0.25) is 5.91 Å². The number of aryl methyl sites for hydroxylation is 1. The van der Waals surface area contributed by atoms with Crippen molar-refractivity contribution in [3.63, 3.8) is 0 Å². The van der Waals surface area contributed by atoms with E-state index >= 15 is 0 Å². The van der Waals surface area contributed by atoms with Crippen molar-refractivity contribution in [1.82, 2.24) is 4.90 Å². The van der Waals surface area contributed by atoms with Crippen molar-refractivity contribution in [2.24, 2.45) is 0 Å². The van der Waals surface area contributed by atoms with Crippen LogP contribution < -0.4 is 9.47 Å². The summed E-state index contributed by atoms with van der Waals surface area (Å²) >= 11 is 0. The van der Waals surface area contributed by atoms with Gasteiger partial charge in [0, 0.05) is 13.5 Å². The Morgan fingerprint density at radius 3 is 2.80 bits per heavy atom. The molecule has 0 fully saturated rings. The van der Waals surface area contributed by atoms with Crippen molar-refractivity contribution in [1.29, 1.82) is 5.26 Å². The molecule has 0 aliphatic heterocycles.